The molecule has 1 unspecified atom stereocenters. The third-order valence-electron chi connectivity index (χ3n) is 2.67. The van der Waals surface area contributed by atoms with Crippen molar-refractivity contribution in [3.63, 3.8) is 0 Å². The summed E-state index contributed by atoms with van der Waals surface area (Å²) in [6, 6.07) is 5.65. The molecule has 0 saturated heterocycles. The number of aliphatic hydroxyl groups excluding tert-OH is 3. The van der Waals surface area contributed by atoms with Crippen molar-refractivity contribution in [1.82, 2.24) is 15.0 Å². The van der Waals surface area contributed by atoms with E-state index in [2.05, 4.69) is 10.3 Å². The molecule has 0 spiro atoms. The van der Waals surface area contributed by atoms with Crippen LogP contribution in [0.15, 0.2) is 24.3 Å². The summed E-state index contributed by atoms with van der Waals surface area (Å²) < 4.78 is 14.3. The quantitative estimate of drug-likeness (QED) is 0.705. The van der Waals surface area contributed by atoms with Crippen molar-refractivity contribution in [3.05, 3.63) is 35.8 Å². The molecule has 102 valence electrons. The van der Waals surface area contributed by atoms with E-state index in [1.807, 2.05) is 0 Å². The molecule has 0 aliphatic carbocycles. The van der Waals surface area contributed by atoms with E-state index in [4.69, 9.17) is 5.11 Å². The summed E-state index contributed by atoms with van der Waals surface area (Å²) in [7, 11) is 0. The number of aliphatic hydroxyl groups is 3. The van der Waals surface area contributed by atoms with Gasteiger partial charge < -0.3 is 15.3 Å². The van der Waals surface area contributed by atoms with E-state index in [1.165, 1.54) is 28.9 Å². The van der Waals surface area contributed by atoms with Crippen molar-refractivity contribution >= 4 is 0 Å². The van der Waals surface area contributed by atoms with Crippen LogP contribution < -0.4 is 0 Å². The number of halogens is 1. The first kappa shape index (κ1) is 13.6. The van der Waals surface area contributed by atoms with Gasteiger partial charge in [-0.25, -0.2) is 9.07 Å². The van der Waals surface area contributed by atoms with Crippen LogP contribution in [0.2, 0.25) is 0 Å². The fraction of sp³-hybridized carbons (Fsp3) is 0.333. The summed E-state index contributed by atoms with van der Waals surface area (Å²) in [5, 5.41) is 35.1. The first-order valence-electron chi connectivity index (χ1n) is 5.73. The van der Waals surface area contributed by atoms with Gasteiger partial charge in [0.25, 0.3) is 0 Å². The van der Waals surface area contributed by atoms with Gasteiger partial charge in [0.05, 0.1) is 31.6 Å². The van der Waals surface area contributed by atoms with Crippen LogP contribution in [0.25, 0.3) is 11.3 Å². The topological polar surface area (TPSA) is 91.4 Å². The van der Waals surface area contributed by atoms with Crippen molar-refractivity contribution < 1.29 is 19.7 Å². The molecule has 2 aromatic rings. The van der Waals surface area contributed by atoms with E-state index in [1.54, 1.807) is 0 Å². The summed E-state index contributed by atoms with van der Waals surface area (Å²) in [4.78, 5) is 0. The van der Waals surface area contributed by atoms with Crippen LogP contribution in [0.1, 0.15) is 5.69 Å². The van der Waals surface area contributed by atoms with Crippen LogP contribution in [0.4, 0.5) is 4.39 Å². The van der Waals surface area contributed by atoms with Gasteiger partial charge in [-0.05, 0) is 24.3 Å². The second-order valence-electron chi connectivity index (χ2n) is 4.07. The lowest BCUT2D eigenvalue weighted by molar-refractivity contribution is 0.0782. The SMILES string of the molecule is OCc1nnn(CC(O)CO)c1-c1ccc(F)cc1. The Morgan fingerprint density at radius 3 is 2.47 bits per heavy atom. The largest absolute Gasteiger partial charge is 0.394 e. The molecule has 6 nitrogen and oxygen atoms in total. The van der Waals surface area contributed by atoms with E-state index < -0.39 is 12.7 Å². The minimum atomic E-state index is -0.979. The number of hydrogen-bond donors (Lipinski definition) is 3. The van der Waals surface area contributed by atoms with Crippen molar-refractivity contribution in [3.8, 4) is 11.3 Å². The number of rotatable bonds is 5. The van der Waals surface area contributed by atoms with E-state index in [-0.39, 0.29) is 19.0 Å². The average molecular weight is 267 g/mol. The maximum atomic E-state index is 12.9. The molecule has 0 bridgehead atoms. The van der Waals surface area contributed by atoms with E-state index in [9.17, 15) is 14.6 Å². The van der Waals surface area contributed by atoms with E-state index in [0.717, 1.165) is 0 Å². The highest BCUT2D eigenvalue weighted by molar-refractivity contribution is 5.61. The van der Waals surface area contributed by atoms with Crippen molar-refractivity contribution in [2.24, 2.45) is 0 Å². The first-order valence-corrected chi connectivity index (χ1v) is 5.73. The molecule has 0 saturated carbocycles. The predicted molar refractivity (Wildman–Crippen MR) is 64.4 cm³/mol. The zero-order valence-corrected chi connectivity index (χ0v) is 10.1. The molecule has 1 aromatic carbocycles. The Balaban J connectivity index is 2.41. The van der Waals surface area contributed by atoms with Crippen LogP contribution in [-0.2, 0) is 13.2 Å². The van der Waals surface area contributed by atoms with Crippen LogP contribution in [-0.4, -0.2) is 43.0 Å². The molecule has 1 aromatic heterocycles. The predicted octanol–water partition coefficient (Wildman–Crippen LogP) is -0.0703. The zero-order chi connectivity index (χ0) is 13.8. The molecule has 19 heavy (non-hydrogen) atoms. The zero-order valence-electron chi connectivity index (χ0n) is 10.1. The lowest BCUT2D eigenvalue weighted by atomic mass is 10.1. The Morgan fingerprint density at radius 2 is 1.89 bits per heavy atom. The van der Waals surface area contributed by atoms with Gasteiger partial charge in [-0.2, -0.15) is 0 Å². The van der Waals surface area contributed by atoms with Crippen LogP contribution in [0.5, 0.6) is 0 Å². The van der Waals surface area contributed by atoms with Gasteiger partial charge in [0, 0.05) is 5.56 Å². The normalized spacial score (nSPS) is 12.6. The minimum Gasteiger partial charge on any atom is -0.394 e. The number of nitrogens with zero attached hydrogens (tertiary/aromatic N) is 3. The second kappa shape index (κ2) is 5.87. The number of aromatic nitrogens is 3. The Labute approximate surface area is 108 Å². The molecule has 3 N–H and O–H groups in total. The van der Waals surface area contributed by atoms with Crippen LogP contribution >= 0.6 is 0 Å². The maximum absolute atomic E-state index is 12.9. The van der Waals surface area contributed by atoms with Gasteiger partial charge in [-0.3, -0.25) is 0 Å². The van der Waals surface area contributed by atoms with Gasteiger partial charge in [0.2, 0.25) is 0 Å². The standard InChI is InChI=1S/C12H14FN3O3/c13-9-3-1-8(2-4-9)12-11(7-18)14-15-16(12)5-10(19)6-17/h1-4,10,17-19H,5-7H2. The molecule has 2 rings (SSSR count). The van der Waals surface area contributed by atoms with Crippen molar-refractivity contribution in [1.29, 1.82) is 0 Å². The Kier molecular flexibility index (Phi) is 4.20. The van der Waals surface area contributed by atoms with E-state index >= 15 is 0 Å². The molecular formula is C12H14FN3O3. The molecule has 1 atom stereocenters. The van der Waals surface area contributed by atoms with Gasteiger partial charge in [-0.15, -0.1) is 5.10 Å². The summed E-state index contributed by atoms with van der Waals surface area (Å²) in [5.74, 6) is -0.372. The number of benzene rings is 1. The molecule has 7 heteroatoms. The molecule has 0 fully saturated rings. The lowest BCUT2D eigenvalue weighted by Crippen LogP contribution is -2.21. The van der Waals surface area contributed by atoms with Gasteiger partial charge in [-0.1, -0.05) is 5.21 Å². The van der Waals surface area contributed by atoms with Crippen LogP contribution in [0.3, 0.4) is 0 Å². The smallest absolute Gasteiger partial charge is 0.123 e. The third-order valence-corrected chi connectivity index (χ3v) is 2.67. The minimum absolute atomic E-state index is 0.0379. The Morgan fingerprint density at radius 1 is 1.21 bits per heavy atom. The molecular weight excluding hydrogens is 253 g/mol. The Hall–Kier alpha value is -1.83. The summed E-state index contributed by atoms with van der Waals surface area (Å²) in [6.45, 7) is -0.685. The summed E-state index contributed by atoms with van der Waals surface area (Å²) >= 11 is 0. The van der Waals surface area contributed by atoms with Gasteiger partial charge in [0.15, 0.2) is 0 Å². The highest BCUT2D eigenvalue weighted by Gasteiger charge is 2.16. The van der Waals surface area contributed by atoms with Crippen LogP contribution in [0, 0.1) is 5.82 Å². The van der Waals surface area contributed by atoms with Gasteiger partial charge in [0.1, 0.15) is 11.5 Å². The fourth-order valence-electron chi connectivity index (χ4n) is 1.76. The van der Waals surface area contributed by atoms with E-state index in [0.29, 0.717) is 17.0 Å². The molecule has 0 radical (unpaired) electrons. The third kappa shape index (κ3) is 2.95. The summed E-state index contributed by atoms with van der Waals surface area (Å²) in [5.41, 5.74) is 1.45. The first-order chi connectivity index (χ1) is 9.15. The number of hydrogen-bond acceptors (Lipinski definition) is 5. The molecule has 0 aliphatic rings. The fourth-order valence-corrected chi connectivity index (χ4v) is 1.76. The molecule has 1 heterocycles. The Bertz CT molecular complexity index is 542. The van der Waals surface area contributed by atoms with Crippen molar-refractivity contribution in [2.45, 2.75) is 19.3 Å². The maximum Gasteiger partial charge on any atom is 0.123 e. The van der Waals surface area contributed by atoms with Gasteiger partial charge >= 0.3 is 0 Å². The highest BCUT2D eigenvalue weighted by Crippen LogP contribution is 2.22. The second-order valence-corrected chi connectivity index (χ2v) is 4.07. The average Bonchev–Trinajstić information content (AvgIpc) is 2.82. The summed E-state index contributed by atoms with van der Waals surface area (Å²) in [6.07, 6.45) is -0.979. The van der Waals surface area contributed by atoms with Crippen molar-refractivity contribution in [2.75, 3.05) is 6.61 Å². The lowest BCUT2D eigenvalue weighted by Gasteiger charge is -2.10. The highest BCUT2D eigenvalue weighted by atomic mass is 19.1. The molecule has 0 amide bonds. The molecule has 0 aliphatic heterocycles. The monoisotopic (exact) mass is 267 g/mol.